The Hall–Kier alpha value is -2.91. The lowest BCUT2D eigenvalue weighted by atomic mass is 10.00. The number of hydrogen-bond acceptors (Lipinski definition) is 3. The first-order chi connectivity index (χ1) is 12.1. The lowest BCUT2D eigenvalue weighted by Crippen LogP contribution is -2.05. The Morgan fingerprint density at radius 2 is 1.68 bits per heavy atom. The van der Waals surface area contributed by atoms with E-state index in [0.29, 0.717) is 16.6 Å². The molecule has 0 aromatic heterocycles. The summed E-state index contributed by atoms with van der Waals surface area (Å²) in [6.07, 6.45) is 1.77. The first-order valence-electron chi connectivity index (χ1n) is 7.89. The molecular formula is C21H14ClNO2. The van der Waals surface area contributed by atoms with E-state index in [1.165, 1.54) is 5.56 Å². The van der Waals surface area contributed by atoms with Gasteiger partial charge in [-0.1, -0.05) is 48.0 Å². The summed E-state index contributed by atoms with van der Waals surface area (Å²) in [5.41, 5.74) is 3.14. The Labute approximate surface area is 150 Å². The van der Waals surface area contributed by atoms with Gasteiger partial charge >= 0.3 is 5.97 Å². The molecule has 4 heteroatoms. The van der Waals surface area contributed by atoms with Crippen LogP contribution in [0.1, 0.15) is 16.7 Å². The number of hydrogen-bond donors (Lipinski definition) is 0. The van der Waals surface area contributed by atoms with Crippen LogP contribution >= 0.6 is 11.6 Å². The number of carbonyl (C=O) groups is 1. The summed E-state index contributed by atoms with van der Waals surface area (Å²) in [4.78, 5) is 16.6. The van der Waals surface area contributed by atoms with E-state index >= 15 is 0 Å². The van der Waals surface area contributed by atoms with Crippen LogP contribution in [0.3, 0.4) is 0 Å². The maximum Gasteiger partial charge on any atom is 0.363 e. The van der Waals surface area contributed by atoms with Gasteiger partial charge in [-0.3, -0.25) is 0 Å². The number of halogens is 1. The van der Waals surface area contributed by atoms with Crippen LogP contribution in [-0.2, 0) is 9.53 Å². The van der Waals surface area contributed by atoms with Gasteiger partial charge in [-0.05, 0) is 59.2 Å². The molecule has 0 spiro atoms. The van der Waals surface area contributed by atoms with Crippen molar-refractivity contribution in [2.75, 3.05) is 0 Å². The van der Waals surface area contributed by atoms with Gasteiger partial charge in [0.25, 0.3) is 0 Å². The summed E-state index contributed by atoms with van der Waals surface area (Å²) in [6, 6.07) is 19.2. The molecule has 0 N–H and O–H groups in total. The number of esters is 1. The predicted molar refractivity (Wildman–Crippen MR) is 101 cm³/mol. The molecule has 0 radical (unpaired) electrons. The van der Waals surface area contributed by atoms with Gasteiger partial charge in [0.05, 0.1) is 0 Å². The topological polar surface area (TPSA) is 38.7 Å². The Morgan fingerprint density at radius 3 is 2.44 bits per heavy atom. The lowest BCUT2D eigenvalue weighted by Gasteiger charge is -2.05. The van der Waals surface area contributed by atoms with Crippen molar-refractivity contribution in [2.45, 2.75) is 6.92 Å². The molecule has 0 amide bonds. The van der Waals surface area contributed by atoms with Crippen molar-refractivity contribution in [3.05, 3.63) is 88.1 Å². The number of fused-ring (bicyclic) bond motifs is 1. The lowest BCUT2D eigenvalue weighted by molar-refractivity contribution is -0.129. The molecule has 3 aromatic rings. The molecule has 122 valence electrons. The first-order valence-corrected chi connectivity index (χ1v) is 8.26. The minimum absolute atomic E-state index is 0.291. The highest BCUT2D eigenvalue weighted by Crippen LogP contribution is 2.26. The van der Waals surface area contributed by atoms with Gasteiger partial charge in [0.1, 0.15) is 0 Å². The highest BCUT2D eigenvalue weighted by atomic mass is 35.5. The molecule has 0 fully saturated rings. The first kappa shape index (κ1) is 15.6. The van der Waals surface area contributed by atoms with E-state index < -0.39 is 5.97 Å². The highest BCUT2D eigenvalue weighted by molar-refractivity contribution is 6.30. The Balaban J connectivity index is 1.78. The van der Waals surface area contributed by atoms with Crippen molar-refractivity contribution in [2.24, 2.45) is 4.99 Å². The van der Waals surface area contributed by atoms with Gasteiger partial charge in [-0.2, -0.15) is 0 Å². The number of ether oxygens (including phenoxy) is 1. The zero-order valence-corrected chi connectivity index (χ0v) is 14.2. The van der Waals surface area contributed by atoms with E-state index in [1.54, 1.807) is 30.3 Å². The average molecular weight is 348 g/mol. The Morgan fingerprint density at radius 1 is 0.960 bits per heavy atom. The van der Waals surface area contributed by atoms with Gasteiger partial charge in [0, 0.05) is 10.6 Å². The zero-order valence-electron chi connectivity index (χ0n) is 13.5. The zero-order chi connectivity index (χ0) is 17.4. The second-order valence-electron chi connectivity index (χ2n) is 5.86. The molecule has 0 aliphatic carbocycles. The van der Waals surface area contributed by atoms with Crippen molar-refractivity contribution >= 4 is 40.3 Å². The van der Waals surface area contributed by atoms with Gasteiger partial charge in [0.15, 0.2) is 5.70 Å². The number of aliphatic imine (C=N–C) groups is 1. The third-order valence-electron chi connectivity index (χ3n) is 4.18. The highest BCUT2D eigenvalue weighted by Gasteiger charge is 2.24. The largest absolute Gasteiger partial charge is 0.402 e. The molecule has 3 nitrogen and oxygen atoms in total. The summed E-state index contributed by atoms with van der Waals surface area (Å²) in [7, 11) is 0. The normalized spacial score (nSPS) is 15.5. The quantitative estimate of drug-likeness (QED) is 0.475. The molecule has 0 bridgehead atoms. The third kappa shape index (κ3) is 2.94. The van der Waals surface area contributed by atoms with E-state index in [2.05, 4.69) is 18.0 Å². The van der Waals surface area contributed by atoms with E-state index in [0.717, 1.165) is 21.9 Å². The maximum absolute atomic E-state index is 12.2. The van der Waals surface area contributed by atoms with E-state index in [1.807, 2.05) is 30.3 Å². The van der Waals surface area contributed by atoms with Crippen LogP contribution in [-0.4, -0.2) is 11.9 Å². The molecule has 3 aromatic carbocycles. The van der Waals surface area contributed by atoms with Crippen molar-refractivity contribution < 1.29 is 9.53 Å². The summed E-state index contributed by atoms with van der Waals surface area (Å²) >= 11 is 5.89. The van der Waals surface area contributed by atoms with Crippen molar-refractivity contribution in [1.29, 1.82) is 0 Å². The van der Waals surface area contributed by atoms with E-state index in [-0.39, 0.29) is 0 Å². The molecule has 1 aliphatic heterocycles. The summed E-state index contributed by atoms with van der Waals surface area (Å²) in [6.45, 7) is 2.07. The Kier molecular flexibility index (Phi) is 3.86. The standard InChI is InChI=1S/C21H14ClNO2/c1-13-6-7-15(18-5-3-2-4-17(13)18)12-19-21(24)25-20(23-19)14-8-10-16(22)11-9-14/h2-12H,1H3. The summed E-state index contributed by atoms with van der Waals surface area (Å²) in [5, 5.41) is 2.86. The van der Waals surface area contributed by atoms with Crippen LogP contribution in [0.5, 0.6) is 0 Å². The minimum atomic E-state index is -0.449. The van der Waals surface area contributed by atoms with Gasteiger partial charge in [0.2, 0.25) is 5.90 Å². The molecular weight excluding hydrogens is 334 g/mol. The maximum atomic E-state index is 12.2. The van der Waals surface area contributed by atoms with Crippen molar-refractivity contribution in [1.82, 2.24) is 0 Å². The van der Waals surface area contributed by atoms with Crippen LogP contribution in [0.2, 0.25) is 5.02 Å². The van der Waals surface area contributed by atoms with Crippen LogP contribution in [0.4, 0.5) is 0 Å². The van der Waals surface area contributed by atoms with Crippen LogP contribution in [0.15, 0.2) is 71.4 Å². The van der Waals surface area contributed by atoms with E-state index in [4.69, 9.17) is 16.3 Å². The fourth-order valence-corrected chi connectivity index (χ4v) is 3.00. The molecule has 0 atom stereocenters. The van der Waals surface area contributed by atoms with Gasteiger partial charge in [-0.25, -0.2) is 9.79 Å². The fourth-order valence-electron chi connectivity index (χ4n) is 2.87. The average Bonchev–Trinajstić information content (AvgIpc) is 2.99. The molecule has 0 saturated carbocycles. The molecule has 25 heavy (non-hydrogen) atoms. The van der Waals surface area contributed by atoms with Crippen LogP contribution < -0.4 is 0 Å². The molecule has 0 saturated heterocycles. The van der Waals surface area contributed by atoms with Crippen LogP contribution in [0.25, 0.3) is 16.8 Å². The minimum Gasteiger partial charge on any atom is -0.402 e. The molecule has 0 unspecified atom stereocenters. The summed E-state index contributed by atoms with van der Waals surface area (Å²) < 4.78 is 5.31. The Bertz CT molecular complexity index is 1050. The number of aryl methyl sites for hydroxylation is 1. The predicted octanol–water partition coefficient (Wildman–Crippen LogP) is 5.15. The third-order valence-corrected chi connectivity index (χ3v) is 4.43. The molecule has 1 heterocycles. The van der Waals surface area contributed by atoms with Gasteiger partial charge in [-0.15, -0.1) is 0 Å². The smallest absolute Gasteiger partial charge is 0.363 e. The second kappa shape index (κ2) is 6.19. The SMILES string of the molecule is Cc1ccc(C=C2N=C(c3ccc(Cl)cc3)OC2=O)c2ccccc12. The second-order valence-corrected chi connectivity index (χ2v) is 6.30. The summed E-state index contributed by atoms with van der Waals surface area (Å²) in [5.74, 6) is -0.154. The number of nitrogens with zero attached hydrogens (tertiary/aromatic N) is 1. The molecule has 1 aliphatic rings. The van der Waals surface area contributed by atoms with Crippen molar-refractivity contribution in [3.8, 4) is 0 Å². The van der Waals surface area contributed by atoms with Gasteiger partial charge < -0.3 is 4.74 Å². The molecule has 4 rings (SSSR count). The van der Waals surface area contributed by atoms with Crippen LogP contribution in [0, 0.1) is 6.92 Å². The van der Waals surface area contributed by atoms with E-state index in [9.17, 15) is 4.79 Å². The fraction of sp³-hybridized carbons (Fsp3) is 0.0476. The number of carbonyl (C=O) groups excluding carboxylic acids is 1. The monoisotopic (exact) mass is 347 g/mol. The number of rotatable bonds is 2. The number of benzene rings is 3. The van der Waals surface area contributed by atoms with Crippen molar-refractivity contribution in [3.63, 3.8) is 0 Å². The number of cyclic esters (lactones) is 1.